The summed E-state index contributed by atoms with van der Waals surface area (Å²) in [6.07, 6.45) is 3.01. The van der Waals surface area contributed by atoms with Crippen molar-refractivity contribution >= 4 is 39.0 Å². The van der Waals surface area contributed by atoms with E-state index in [4.69, 9.17) is 9.40 Å². The predicted molar refractivity (Wildman–Crippen MR) is 113 cm³/mol. The van der Waals surface area contributed by atoms with Crippen LogP contribution in [0.2, 0.25) is 0 Å². The average molecular weight is 434 g/mol. The summed E-state index contributed by atoms with van der Waals surface area (Å²) < 4.78 is 6.16. The first kappa shape index (κ1) is 18.1. The quantitative estimate of drug-likeness (QED) is 0.349. The molecule has 6 heteroatoms. The number of hydrogen-bond acceptors (Lipinski definition) is 4. The number of furan rings is 1. The van der Waals surface area contributed by atoms with Crippen molar-refractivity contribution in [3.05, 3.63) is 88.3 Å². The van der Waals surface area contributed by atoms with Gasteiger partial charge in [-0.15, -0.1) is 0 Å². The molecule has 0 fully saturated rings. The molecule has 2 heterocycles. The molecule has 4 rings (SSSR count). The topological polar surface area (TPSA) is 67.5 Å². The zero-order valence-electron chi connectivity index (χ0n) is 15.0. The van der Waals surface area contributed by atoms with Crippen LogP contribution >= 0.6 is 15.9 Å². The summed E-state index contributed by atoms with van der Waals surface area (Å²) in [7, 11) is 0. The fourth-order valence-corrected chi connectivity index (χ4v) is 3.14. The van der Waals surface area contributed by atoms with Gasteiger partial charge in [-0.25, -0.2) is 10.4 Å². The number of aryl methyl sites for hydroxylation is 1. The van der Waals surface area contributed by atoms with Crippen LogP contribution in [0.4, 0.5) is 0 Å². The number of benzene rings is 2. The van der Waals surface area contributed by atoms with Crippen molar-refractivity contribution in [2.75, 3.05) is 0 Å². The minimum Gasteiger partial charge on any atom is -0.463 e. The first-order chi connectivity index (χ1) is 13.6. The van der Waals surface area contributed by atoms with E-state index in [1.54, 1.807) is 24.5 Å². The monoisotopic (exact) mass is 433 g/mol. The lowest BCUT2D eigenvalue weighted by atomic mass is 10.0. The lowest BCUT2D eigenvalue weighted by Crippen LogP contribution is -2.18. The zero-order chi connectivity index (χ0) is 19.5. The van der Waals surface area contributed by atoms with Crippen molar-refractivity contribution in [2.45, 2.75) is 6.92 Å². The summed E-state index contributed by atoms with van der Waals surface area (Å²) >= 11 is 3.44. The molecule has 0 radical (unpaired) electrons. The van der Waals surface area contributed by atoms with Crippen molar-refractivity contribution in [3.8, 4) is 11.3 Å². The number of pyridine rings is 1. The van der Waals surface area contributed by atoms with Gasteiger partial charge in [-0.3, -0.25) is 4.79 Å². The van der Waals surface area contributed by atoms with E-state index in [9.17, 15) is 4.79 Å². The van der Waals surface area contributed by atoms with Crippen molar-refractivity contribution in [1.82, 2.24) is 10.4 Å². The van der Waals surface area contributed by atoms with Gasteiger partial charge in [-0.1, -0.05) is 39.7 Å². The number of hydrogen-bond donors (Lipinski definition) is 1. The van der Waals surface area contributed by atoms with Crippen LogP contribution in [0.3, 0.4) is 0 Å². The van der Waals surface area contributed by atoms with Crippen molar-refractivity contribution in [1.29, 1.82) is 0 Å². The molecule has 0 aliphatic rings. The fraction of sp³-hybridized carbons (Fsp3) is 0.0455. The van der Waals surface area contributed by atoms with Gasteiger partial charge in [0.05, 0.1) is 29.3 Å². The molecule has 28 heavy (non-hydrogen) atoms. The Hall–Kier alpha value is -3.25. The number of halogens is 1. The smallest absolute Gasteiger partial charge is 0.272 e. The Labute approximate surface area is 170 Å². The Morgan fingerprint density at radius 1 is 1.14 bits per heavy atom. The number of hydrazone groups is 1. The summed E-state index contributed by atoms with van der Waals surface area (Å²) in [5.74, 6) is 0.255. The van der Waals surface area contributed by atoms with Gasteiger partial charge in [-0.2, -0.15) is 5.10 Å². The summed E-state index contributed by atoms with van der Waals surface area (Å²) in [5, 5.41) is 4.77. The van der Waals surface area contributed by atoms with Crippen LogP contribution in [-0.4, -0.2) is 17.1 Å². The molecule has 5 nitrogen and oxygen atoms in total. The van der Waals surface area contributed by atoms with E-state index in [0.717, 1.165) is 32.2 Å². The highest BCUT2D eigenvalue weighted by Gasteiger charge is 2.14. The van der Waals surface area contributed by atoms with E-state index in [1.807, 2.05) is 49.4 Å². The molecule has 138 valence electrons. The zero-order valence-corrected chi connectivity index (χ0v) is 16.6. The second-order valence-electron chi connectivity index (χ2n) is 6.30. The lowest BCUT2D eigenvalue weighted by molar-refractivity contribution is 0.0956. The molecule has 2 aromatic carbocycles. The van der Waals surface area contributed by atoms with E-state index in [1.165, 1.54) is 6.21 Å². The second kappa shape index (κ2) is 7.78. The second-order valence-corrected chi connectivity index (χ2v) is 7.21. The first-order valence-corrected chi connectivity index (χ1v) is 9.44. The summed E-state index contributed by atoms with van der Waals surface area (Å²) in [5.41, 5.74) is 6.55. The molecular formula is C22H16BrN3O2. The molecule has 0 atom stereocenters. The van der Waals surface area contributed by atoms with Gasteiger partial charge in [0.25, 0.3) is 5.91 Å². The highest BCUT2D eigenvalue weighted by atomic mass is 79.9. The van der Waals surface area contributed by atoms with E-state index in [0.29, 0.717) is 11.3 Å². The molecule has 0 spiro atoms. The minimum atomic E-state index is -0.306. The molecule has 1 N–H and O–H groups in total. The predicted octanol–water partition coefficient (Wildman–Crippen LogP) is 5.33. The van der Waals surface area contributed by atoms with Crippen LogP contribution in [-0.2, 0) is 0 Å². The van der Waals surface area contributed by atoms with Crippen LogP contribution in [0.25, 0.3) is 22.2 Å². The number of amides is 1. The van der Waals surface area contributed by atoms with Crippen LogP contribution < -0.4 is 5.43 Å². The first-order valence-electron chi connectivity index (χ1n) is 8.64. The molecule has 2 aromatic heterocycles. The Bertz CT molecular complexity index is 1170. The average Bonchev–Trinajstić information content (AvgIpc) is 3.21. The maximum Gasteiger partial charge on any atom is 0.272 e. The van der Waals surface area contributed by atoms with Gasteiger partial charge in [0.15, 0.2) is 0 Å². The van der Waals surface area contributed by atoms with Gasteiger partial charge < -0.3 is 4.42 Å². The van der Waals surface area contributed by atoms with E-state index < -0.39 is 0 Å². The molecule has 0 saturated heterocycles. The molecule has 0 unspecified atom stereocenters. The Morgan fingerprint density at radius 3 is 2.71 bits per heavy atom. The third-order valence-corrected chi connectivity index (χ3v) is 4.78. The molecule has 0 aliphatic heterocycles. The molecule has 0 aliphatic carbocycles. The van der Waals surface area contributed by atoms with Crippen LogP contribution in [0.1, 0.15) is 21.7 Å². The van der Waals surface area contributed by atoms with Crippen molar-refractivity contribution < 1.29 is 9.21 Å². The van der Waals surface area contributed by atoms with Gasteiger partial charge in [-0.05, 0) is 49.4 Å². The number of carbonyl (C=O) groups excluding carboxylic acids is 1. The number of fused-ring (bicyclic) bond motifs is 1. The molecule has 0 bridgehead atoms. The van der Waals surface area contributed by atoms with Gasteiger partial charge in [0.1, 0.15) is 5.76 Å². The van der Waals surface area contributed by atoms with Crippen LogP contribution in [0.15, 0.2) is 80.9 Å². The van der Waals surface area contributed by atoms with Crippen molar-refractivity contribution in [3.63, 3.8) is 0 Å². The highest BCUT2D eigenvalue weighted by Crippen LogP contribution is 2.26. The SMILES string of the molecule is Cc1ccc2nc(-c3ccc(Br)cc3)cc(C(=O)NN=Cc3ccco3)c2c1. The minimum absolute atomic E-state index is 0.306. The maximum atomic E-state index is 12.8. The van der Waals surface area contributed by atoms with E-state index in [2.05, 4.69) is 26.5 Å². The summed E-state index contributed by atoms with van der Waals surface area (Å²) in [6.45, 7) is 1.98. The summed E-state index contributed by atoms with van der Waals surface area (Å²) in [4.78, 5) is 17.6. The Balaban J connectivity index is 1.75. The number of rotatable bonds is 4. The lowest BCUT2D eigenvalue weighted by Gasteiger charge is -2.10. The standard InChI is InChI=1S/C22H16BrN3O2/c1-14-4-9-20-18(11-14)19(22(27)26-24-13-17-3-2-10-28-17)12-21(25-20)15-5-7-16(23)8-6-15/h2-13H,1H3,(H,26,27). The van der Waals surface area contributed by atoms with E-state index >= 15 is 0 Å². The number of carbonyl (C=O) groups is 1. The molecular weight excluding hydrogens is 418 g/mol. The van der Waals surface area contributed by atoms with Gasteiger partial charge >= 0.3 is 0 Å². The van der Waals surface area contributed by atoms with E-state index in [-0.39, 0.29) is 5.91 Å². The maximum absolute atomic E-state index is 12.8. The largest absolute Gasteiger partial charge is 0.463 e. The molecule has 4 aromatic rings. The Kier molecular flexibility index (Phi) is 5.04. The third kappa shape index (κ3) is 3.87. The van der Waals surface area contributed by atoms with Gasteiger partial charge in [0.2, 0.25) is 0 Å². The van der Waals surface area contributed by atoms with Crippen molar-refractivity contribution in [2.24, 2.45) is 5.10 Å². The fourth-order valence-electron chi connectivity index (χ4n) is 2.88. The Morgan fingerprint density at radius 2 is 1.96 bits per heavy atom. The normalized spacial score (nSPS) is 11.2. The number of nitrogens with zero attached hydrogens (tertiary/aromatic N) is 2. The molecule has 0 saturated carbocycles. The number of nitrogens with one attached hydrogen (secondary N) is 1. The molecule has 1 amide bonds. The van der Waals surface area contributed by atoms with Crippen LogP contribution in [0.5, 0.6) is 0 Å². The number of aromatic nitrogens is 1. The third-order valence-electron chi connectivity index (χ3n) is 4.25. The highest BCUT2D eigenvalue weighted by molar-refractivity contribution is 9.10. The van der Waals surface area contributed by atoms with Gasteiger partial charge in [0, 0.05) is 15.4 Å². The summed E-state index contributed by atoms with van der Waals surface area (Å²) in [6, 6.07) is 19.0. The van der Waals surface area contributed by atoms with Crippen LogP contribution in [0, 0.1) is 6.92 Å².